The smallest absolute Gasteiger partial charge is 0.0591 e. The lowest BCUT2D eigenvalue weighted by molar-refractivity contribution is 1.46. The van der Waals surface area contributed by atoms with Crippen LogP contribution < -0.4 is 5.73 Å². The first-order chi connectivity index (χ1) is 4.61. The third kappa shape index (κ3) is 1.44. The largest absolute Gasteiger partial charge is 0.398 e. The van der Waals surface area contributed by atoms with Crippen molar-refractivity contribution in [3.8, 4) is 0 Å². The first kappa shape index (κ1) is 7.89. The van der Waals surface area contributed by atoms with Crippen LogP contribution in [0, 0.1) is 6.92 Å². The number of nitrogens with two attached hydrogens (primary N) is 1. The molecule has 10 heavy (non-hydrogen) atoms. The Morgan fingerprint density at radius 3 is 2.60 bits per heavy atom. The Hall–Kier alpha value is -0.210. The van der Waals surface area contributed by atoms with Crippen LogP contribution in [0.1, 0.15) is 5.56 Å². The molecule has 0 aliphatic carbocycles. The molecule has 0 aliphatic heterocycles. The lowest BCUT2D eigenvalue weighted by Crippen LogP contribution is -1.87. The minimum atomic E-state index is 0.664. The molecule has 1 aromatic rings. The van der Waals surface area contributed by atoms with Crippen molar-refractivity contribution in [3.63, 3.8) is 0 Å². The van der Waals surface area contributed by atoms with Gasteiger partial charge in [0.1, 0.15) is 0 Å². The maximum atomic E-state index is 5.79. The van der Waals surface area contributed by atoms with Crippen molar-refractivity contribution in [2.24, 2.45) is 0 Å². The van der Waals surface area contributed by atoms with Crippen LogP contribution in [0.4, 0.5) is 5.69 Å². The molecule has 0 atom stereocenters. The normalized spacial score (nSPS) is 9.90. The zero-order valence-electron chi connectivity index (χ0n) is 5.49. The van der Waals surface area contributed by atoms with Gasteiger partial charge in [-0.2, -0.15) is 0 Å². The summed E-state index contributed by atoms with van der Waals surface area (Å²) in [6.07, 6.45) is 0. The van der Waals surface area contributed by atoms with Gasteiger partial charge in [-0.3, -0.25) is 0 Å². The van der Waals surface area contributed by atoms with Gasteiger partial charge in [0.15, 0.2) is 0 Å². The van der Waals surface area contributed by atoms with Crippen LogP contribution in [0.25, 0.3) is 0 Å². The molecule has 1 aromatic carbocycles. The summed E-state index contributed by atoms with van der Waals surface area (Å²) in [4.78, 5) is 0. The first-order valence-corrected chi connectivity index (χ1v) is 3.99. The quantitative estimate of drug-likeness (QED) is 0.668. The van der Waals surface area contributed by atoms with Gasteiger partial charge < -0.3 is 5.73 Å². The number of nitrogen functional groups attached to an aromatic ring is 1. The van der Waals surface area contributed by atoms with E-state index in [4.69, 9.17) is 17.3 Å². The second kappa shape index (κ2) is 2.81. The van der Waals surface area contributed by atoms with Gasteiger partial charge in [-0.05, 0) is 40.5 Å². The van der Waals surface area contributed by atoms with Gasteiger partial charge >= 0.3 is 0 Å². The Labute approximate surface area is 73.3 Å². The fraction of sp³-hybridized carbons (Fsp3) is 0.143. The second-order valence-electron chi connectivity index (χ2n) is 2.15. The molecule has 0 fully saturated rings. The molecule has 0 aliphatic rings. The molecule has 0 unspecified atom stereocenters. The minimum absolute atomic E-state index is 0.664. The highest BCUT2D eigenvalue weighted by Crippen LogP contribution is 2.29. The standard InChI is InChI=1S/C7H7BrClN/c1-4-2-5(9)7(8)6(10)3-4/h2-3H,10H2,1H3. The topological polar surface area (TPSA) is 26.0 Å². The Bertz CT molecular complexity index is 237. The summed E-state index contributed by atoms with van der Waals surface area (Å²) in [7, 11) is 0. The molecule has 0 saturated heterocycles. The van der Waals surface area contributed by atoms with E-state index in [1.54, 1.807) is 0 Å². The van der Waals surface area contributed by atoms with E-state index in [2.05, 4.69) is 15.9 Å². The van der Waals surface area contributed by atoms with E-state index >= 15 is 0 Å². The summed E-state index contributed by atoms with van der Waals surface area (Å²) in [6.45, 7) is 1.95. The van der Waals surface area contributed by atoms with E-state index < -0.39 is 0 Å². The summed E-state index contributed by atoms with van der Waals surface area (Å²) in [5.74, 6) is 0. The molecule has 0 heterocycles. The maximum absolute atomic E-state index is 5.79. The summed E-state index contributed by atoms with van der Waals surface area (Å²) < 4.78 is 0.778. The van der Waals surface area contributed by atoms with Gasteiger partial charge in [0.25, 0.3) is 0 Å². The third-order valence-corrected chi connectivity index (χ3v) is 2.61. The summed E-state index contributed by atoms with van der Waals surface area (Å²) in [5.41, 5.74) is 7.35. The fourth-order valence-corrected chi connectivity index (χ4v) is 1.26. The van der Waals surface area contributed by atoms with E-state index in [1.807, 2.05) is 19.1 Å². The molecule has 0 aromatic heterocycles. The highest BCUT2D eigenvalue weighted by Gasteiger charge is 2.00. The molecule has 0 spiro atoms. The molecule has 0 amide bonds. The van der Waals surface area contributed by atoms with Crippen LogP contribution >= 0.6 is 27.5 Å². The Kier molecular flexibility index (Phi) is 2.21. The molecule has 0 bridgehead atoms. The number of anilines is 1. The van der Waals surface area contributed by atoms with Gasteiger partial charge in [-0.1, -0.05) is 11.6 Å². The Balaban J connectivity index is 3.31. The molecule has 1 nitrogen and oxygen atoms in total. The molecule has 0 radical (unpaired) electrons. The lowest BCUT2D eigenvalue weighted by atomic mass is 10.2. The van der Waals surface area contributed by atoms with E-state index in [0.29, 0.717) is 10.7 Å². The molecular formula is C7H7BrClN. The van der Waals surface area contributed by atoms with E-state index in [9.17, 15) is 0 Å². The van der Waals surface area contributed by atoms with Gasteiger partial charge in [-0.25, -0.2) is 0 Å². The number of rotatable bonds is 0. The predicted molar refractivity (Wildman–Crippen MR) is 48.3 cm³/mol. The molecule has 0 saturated carbocycles. The van der Waals surface area contributed by atoms with Crippen LogP contribution in [0.5, 0.6) is 0 Å². The van der Waals surface area contributed by atoms with E-state index in [1.165, 1.54) is 0 Å². The number of hydrogen-bond acceptors (Lipinski definition) is 1. The third-order valence-electron chi connectivity index (χ3n) is 1.20. The van der Waals surface area contributed by atoms with Crippen molar-refractivity contribution < 1.29 is 0 Å². The van der Waals surface area contributed by atoms with Crippen molar-refractivity contribution in [2.75, 3.05) is 5.73 Å². The number of hydrogen-bond donors (Lipinski definition) is 1. The SMILES string of the molecule is Cc1cc(N)c(Br)c(Cl)c1. The van der Waals surface area contributed by atoms with Crippen molar-refractivity contribution in [3.05, 3.63) is 27.2 Å². The fourth-order valence-electron chi connectivity index (χ4n) is 0.751. The van der Waals surface area contributed by atoms with Crippen molar-refractivity contribution >= 4 is 33.2 Å². The van der Waals surface area contributed by atoms with E-state index in [-0.39, 0.29) is 0 Å². The van der Waals surface area contributed by atoms with E-state index in [0.717, 1.165) is 10.0 Å². The summed E-state index contributed by atoms with van der Waals surface area (Å²) in [5, 5.41) is 0.664. The first-order valence-electron chi connectivity index (χ1n) is 2.82. The van der Waals surface area contributed by atoms with Crippen LogP contribution in [-0.4, -0.2) is 0 Å². The minimum Gasteiger partial charge on any atom is -0.398 e. The Morgan fingerprint density at radius 1 is 1.50 bits per heavy atom. The maximum Gasteiger partial charge on any atom is 0.0591 e. The number of aryl methyl sites for hydroxylation is 1. The lowest BCUT2D eigenvalue weighted by Gasteiger charge is -2.01. The average molecular weight is 220 g/mol. The van der Waals surface area contributed by atoms with Gasteiger partial charge in [-0.15, -0.1) is 0 Å². The zero-order chi connectivity index (χ0) is 7.72. The molecule has 54 valence electrons. The molecule has 3 heteroatoms. The second-order valence-corrected chi connectivity index (χ2v) is 3.35. The highest BCUT2D eigenvalue weighted by molar-refractivity contribution is 9.10. The van der Waals surface area contributed by atoms with Crippen LogP contribution in [0.15, 0.2) is 16.6 Å². The zero-order valence-corrected chi connectivity index (χ0v) is 7.83. The molecule has 2 N–H and O–H groups in total. The van der Waals surface area contributed by atoms with Crippen LogP contribution in [0.3, 0.4) is 0 Å². The highest BCUT2D eigenvalue weighted by atomic mass is 79.9. The van der Waals surface area contributed by atoms with Crippen LogP contribution in [0.2, 0.25) is 5.02 Å². The molecule has 1 rings (SSSR count). The summed E-state index contributed by atoms with van der Waals surface area (Å²) in [6, 6.07) is 3.73. The average Bonchev–Trinajstić information content (AvgIpc) is 1.82. The van der Waals surface area contributed by atoms with Gasteiger partial charge in [0.2, 0.25) is 0 Å². The summed E-state index contributed by atoms with van der Waals surface area (Å²) >= 11 is 9.05. The number of halogens is 2. The van der Waals surface area contributed by atoms with Crippen molar-refractivity contribution in [1.29, 1.82) is 0 Å². The van der Waals surface area contributed by atoms with Crippen molar-refractivity contribution in [1.82, 2.24) is 0 Å². The van der Waals surface area contributed by atoms with Gasteiger partial charge in [0, 0.05) is 5.69 Å². The van der Waals surface area contributed by atoms with Gasteiger partial charge in [0.05, 0.1) is 9.50 Å². The Morgan fingerprint density at radius 2 is 2.10 bits per heavy atom. The van der Waals surface area contributed by atoms with Crippen molar-refractivity contribution in [2.45, 2.75) is 6.92 Å². The molecular weight excluding hydrogens is 213 g/mol. The van der Waals surface area contributed by atoms with Crippen LogP contribution in [-0.2, 0) is 0 Å². The number of benzene rings is 1. The predicted octanol–water partition coefficient (Wildman–Crippen LogP) is 2.99. The monoisotopic (exact) mass is 219 g/mol.